The fraction of sp³-hybridized carbons (Fsp3) is 0.393. The van der Waals surface area contributed by atoms with Crippen LogP contribution in [0, 0.1) is 11.7 Å². The minimum atomic E-state index is -0.506. The molecule has 0 spiro atoms. The quantitative estimate of drug-likeness (QED) is 0.314. The predicted molar refractivity (Wildman–Crippen MR) is 148 cm³/mol. The van der Waals surface area contributed by atoms with Crippen molar-refractivity contribution in [1.82, 2.24) is 14.9 Å². The van der Waals surface area contributed by atoms with Gasteiger partial charge in [-0.1, -0.05) is 17.7 Å². The first kappa shape index (κ1) is 27.3. The molecule has 206 valence electrons. The molecule has 2 N–H and O–H groups in total. The number of carbonyl (C=O) groups is 1. The summed E-state index contributed by atoms with van der Waals surface area (Å²) in [6.07, 6.45) is 6.81. The highest BCUT2D eigenvalue weighted by Gasteiger charge is 2.23. The maximum Gasteiger partial charge on any atom is 0.248 e. The summed E-state index contributed by atoms with van der Waals surface area (Å²) in [6, 6.07) is 7.91. The molecule has 39 heavy (non-hydrogen) atoms. The number of aromatic nitrogens is 2. The van der Waals surface area contributed by atoms with E-state index >= 15 is 0 Å². The van der Waals surface area contributed by atoms with Crippen LogP contribution in [0.1, 0.15) is 19.8 Å². The van der Waals surface area contributed by atoms with E-state index in [4.69, 9.17) is 25.8 Å². The minimum Gasteiger partial charge on any atom is -0.491 e. The Bertz CT molecular complexity index is 1350. The van der Waals surface area contributed by atoms with E-state index in [1.54, 1.807) is 18.2 Å². The van der Waals surface area contributed by atoms with Crippen LogP contribution in [-0.4, -0.2) is 66.5 Å². The third kappa shape index (κ3) is 7.42. The molecule has 2 fully saturated rings. The number of hydrogen-bond donors (Lipinski definition) is 2. The van der Waals surface area contributed by atoms with Gasteiger partial charge < -0.3 is 24.8 Å². The average molecular weight is 556 g/mol. The fourth-order valence-corrected chi connectivity index (χ4v) is 4.39. The van der Waals surface area contributed by atoms with Gasteiger partial charge in [-0.05, 0) is 49.9 Å². The Morgan fingerprint density at radius 1 is 1.28 bits per heavy atom. The Balaban J connectivity index is 1.33. The van der Waals surface area contributed by atoms with E-state index in [0.29, 0.717) is 72.7 Å². The van der Waals surface area contributed by atoms with E-state index < -0.39 is 5.82 Å². The Hall–Kier alpha value is -3.31. The van der Waals surface area contributed by atoms with Crippen LogP contribution in [0.4, 0.5) is 21.6 Å². The number of nitrogens with zero attached hydrogens (tertiary/aromatic N) is 3. The van der Waals surface area contributed by atoms with Gasteiger partial charge in [0.05, 0.1) is 29.4 Å². The second-order valence-corrected chi connectivity index (χ2v) is 9.91. The molecule has 5 rings (SSSR count). The van der Waals surface area contributed by atoms with Gasteiger partial charge in [0, 0.05) is 49.5 Å². The molecule has 1 saturated heterocycles. The van der Waals surface area contributed by atoms with Crippen LogP contribution in [0.2, 0.25) is 5.02 Å². The van der Waals surface area contributed by atoms with Crippen LogP contribution < -0.4 is 15.4 Å². The van der Waals surface area contributed by atoms with Crippen molar-refractivity contribution in [2.24, 2.45) is 5.92 Å². The van der Waals surface area contributed by atoms with Crippen molar-refractivity contribution in [1.29, 1.82) is 0 Å². The molecular formula is C28H31ClFN5O4. The van der Waals surface area contributed by atoms with Gasteiger partial charge in [-0.15, -0.1) is 0 Å². The first-order valence-electron chi connectivity index (χ1n) is 13.0. The van der Waals surface area contributed by atoms with Gasteiger partial charge in [-0.2, -0.15) is 0 Å². The third-order valence-corrected chi connectivity index (χ3v) is 6.74. The molecule has 1 unspecified atom stereocenters. The molecule has 2 aliphatic rings. The number of morpholine rings is 1. The van der Waals surface area contributed by atoms with Gasteiger partial charge in [0.1, 0.15) is 23.7 Å². The van der Waals surface area contributed by atoms with Gasteiger partial charge in [0.2, 0.25) is 5.91 Å². The molecule has 1 saturated carbocycles. The molecule has 2 heterocycles. The largest absolute Gasteiger partial charge is 0.491 e. The van der Waals surface area contributed by atoms with E-state index in [-0.39, 0.29) is 17.2 Å². The van der Waals surface area contributed by atoms with E-state index in [0.717, 1.165) is 19.4 Å². The number of amides is 1. The smallest absolute Gasteiger partial charge is 0.248 e. The Morgan fingerprint density at radius 3 is 2.95 bits per heavy atom. The lowest BCUT2D eigenvalue weighted by atomic mass is 10.1. The van der Waals surface area contributed by atoms with Crippen LogP contribution in [0.25, 0.3) is 10.9 Å². The van der Waals surface area contributed by atoms with Crippen LogP contribution in [0.3, 0.4) is 0 Å². The zero-order chi connectivity index (χ0) is 27.2. The first-order valence-corrected chi connectivity index (χ1v) is 13.4. The van der Waals surface area contributed by atoms with Crippen LogP contribution in [0.15, 0.2) is 48.8 Å². The molecule has 11 heteroatoms. The minimum absolute atomic E-state index is 0.000599. The molecule has 3 aromatic rings. The summed E-state index contributed by atoms with van der Waals surface area (Å²) in [5, 5.41) is 6.77. The first-order chi connectivity index (χ1) is 19.0. The number of carbonyl (C=O) groups excluding carboxylic acids is 1. The number of benzene rings is 2. The highest BCUT2D eigenvalue weighted by atomic mass is 35.5. The number of anilines is 3. The molecule has 1 aliphatic carbocycles. The number of ether oxygens (including phenoxy) is 3. The second kappa shape index (κ2) is 12.7. The van der Waals surface area contributed by atoms with Crippen LogP contribution >= 0.6 is 11.6 Å². The molecule has 1 aliphatic heterocycles. The molecule has 2 aromatic carbocycles. The number of fused-ring (bicyclic) bond motifs is 1. The normalized spacial score (nSPS) is 18.0. The predicted octanol–water partition coefficient (Wildman–Crippen LogP) is 5.14. The second-order valence-electron chi connectivity index (χ2n) is 9.50. The molecule has 1 amide bonds. The van der Waals surface area contributed by atoms with Crippen molar-refractivity contribution in [3.05, 3.63) is 59.7 Å². The molecular weight excluding hydrogens is 525 g/mol. The van der Waals surface area contributed by atoms with Gasteiger partial charge in [0.25, 0.3) is 0 Å². The van der Waals surface area contributed by atoms with Gasteiger partial charge >= 0.3 is 0 Å². The van der Waals surface area contributed by atoms with Crippen molar-refractivity contribution in [2.75, 3.05) is 50.1 Å². The third-order valence-electron chi connectivity index (χ3n) is 6.45. The Morgan fingerprint density at radius 2 is 2.15 bits per heavy atom. The lowest BCUT2D eigenvalue weighted by molar-refractivity contribution is -0.175. The highest BCUT2D eigenvalue weighted by Crippen LogP contribution is 2.36. The molecule has 0 radical (unpaired) electrons. The molecule has 1 atom stereocenters. The summed E-state index contributed by atoms with van der Waals surface area (Å²) < 4.78 is 30.8. The van der Waals surface area contributed by atoms with Crippen molar-refractivity contribution in [3.63, 3.8) is 0 Å². The number of hydrogen-bond acceptors (Lipinski definition) is 8. The van der Waals surface area contributed by atoms with E-state index in [1.165, 1.54) is 24.5 Å². The number of halogens is 2. The highest BCUT2D eigenvalue weighted by molar-refractivity contribution is 6.31. The van der Waals surface area contributed by atoms with E-state index in [1.807, 2.05) is 13.0 Å². The summed E-state index contributed by atoms with van der Waals surface area (Å²) in [4.78, 5) is 23.8. The summed E-state index contributed by atoms with van der Waals surface area (Å²) in [6.45, 7) is 5.72. The fourth-order valence-electron chi connectivity index (χ4n) is 4.21. The Kier molecular flexibility index (Phi) is 8.88. The van der Waals surface area contributed by atoms with E-state index in [9.17, 15) is 9.18 Å². The van der Waals surface area contributed by atoms with Crippen LogP contribution in [0.5, 0.6) is 5.75 Å². The van der Waals surface area contributed by atoms with Crippen LogP contribution in [-0.2, 0) is 14.3 Å². The van der Waals surface area contributed by atoms with Crippen molar-refractivity contribution in [2.45, 2.75) is 26.1 Å². The van der Waals surface area contributed by atoms with Crippen molar-refractivity contribution >= 4 is 45.6 Å². The standard InChI is InChI=1S/C28H31ClFN5O4/c1-2-37-27-15-35(10-11-38-27)9-3-4-26(36)34-24-13-20-23(14-25(24)39-16-18-5-6-18)31-17-32-28(20)33-19-7-8-22(30)21(29)12-19/h3-4,7-8,12-14,17-18,27H,2,5-6,9-11,15-16H2,1H3,(H,34,36)(H,31,32,33). The topological polar surface area (TPSA) is 97.8 Å². The molecule has 9 nitrogen and oxygen atoms in total. The molecule has 0 bridgehead atoms. The lowest BCUT2D eigenvalue weighted by Gasteiger charge is -2.31. The van der Waals surface area contributed by atoms with Crippen molar-refractivity contribution < 1.29 is 23.4 Å². The summed E-state index contributed by atoms with van der Waals surface area (Å²) in [7, 11) is 0. The zero-order valence-electron chi connectivity index (χ0n) is 21.7. The summed E-state index contributed by atoms with van der Waals surface area (Å²) >= 11 is 5.95. The average Bonchev–Trinajstić information content (AvgIpc) is 3.75. The maximum atomic E-state index is 13.6. The number of rotatable bonds is 11. The van der Waals surface area contributed by atoms with E-state index in [2.05, 4.69) is 25.5 Å². The van der Waals surface area contributed by atoms with Crippen molar-refractivity contribution in [3.8, 4) is 5.75 Å². The summed E-state index contributed by atoms with van der Waals surface area (Å²) in [5.74, 6) is 0.769. The number of nitrogens with one attached hydrogen (secondary N) is 2. The van der Waals surface area contributed by atoms with Gasteiger partial charge in [-0.25, -0.2) is 14.4 Å². The van der Waals surface area contributed by atoms with Gasteiger partial charge in [-0.3, -0.25) is 9.69 Å². The SMILES string of the molecule is CCOC1CN(CC=CC(=O)Nc2cc3c(Nc4ccc(F)c(Cl)c4)ncnc3cc2OCC2CC2)CCO1. The monoisotopic (exact) mass is 555 g/mol. The molecule has 1 aromatic heterocycles. The Labute approximate surface area is 231 Å². The lowest BCUT2D eigenvalue weighted by Crippen LogP contribution is -2.43. The van der Waals surface area contributed by atoms with Gasteiger partial charge in [0.15, 0.2) is 6.29 Å². The maximum absolute atomic E-state index is 13.6. The summed E-state index contributed by atoms with van der Waals surface area (Å²) in [5.41, 5.74) is 1.71. The zero-order valence-corrected chi connectivity index (χ0v) is 22.4.